The fourth-order valence-corrected chi connectivity index (χ4v) is 0.552. The van der Waals surface area contributed by atoms with Gasteiger partial charge in [-0.15, -0.1) is 0 Å². The van der Waals surface area contributed by atoms with Crippen molar-refractivity contribution in [3.63, 3.8) is 0 Å². The zero-order chi connectivity index (χ0) is 6.57. The molecule has 3 N–H and O–H groups in total. The molecule has 0 rings (SSSR count). The van der Waals surface area contributed by atoms with E-state index < -0.39 is 0 Å². The van der Waals surface area contributed by atoms with Crippen molar-refractivity contribution in [2.45, 2.75) is 0 Å². The van der Waals surface area contributed by atoms with Crippen molar-refractivity contribution in [2.75, 3.05) is 0 Å². The molecule has 0 spiro atoms. The molecule has 0 aromatic rings. The number of nitrogens with one attached hydrogen (secondary N) is 1. The van der Waals surface area contributed by atoms with E-state index in [-0.39, 0.29) is 10.5 Å². The van der Waals surface area contributed by atoms with Crippen LogP contribution in [0.3, 0.4) is 0 Å². The predicted octanol–water partition coefficient (Wildman–Crippen LogP) is -3.44. The average Bonchev–Trinajstić information content (AvgIpc) is 1.67. The van der Waals surface area contributed by atoms with Gasteiger partial charge in [0.2, 0.25) is 0 Å². The fraction of sp³-hybridized carbons (Fsp3) is 0. The number of hydrazone groups is 1. The Morgan fingerprint density at radius 3 is 2.38 bits per heavy atom. The average molecular weight is 143 g/mol. The summed E-state index contributed by atoms with van der Waals surface area (Å²) in [6.45, 7) is 0. The molecule has 0 aliphatic rings. The summed E-state index contributed by atoms with van der Waals surface area (Å²) in [4.78, 5) is 10.3. The molecule has 0 aromatic carbocycles. The van der Waals surface area contributed by atoms with Gasteiger partial charge in [-0.3, -0.25) is 0 Å². The Hall–Kier alpha value is 0.00494. The minimum atomic E-state index is -0.0617. The van der Waals surface area contributed by atoms with E-state index in [1.54, 1.807) is 0 Å². The van der Waals surface area contributed by atoms with Gasteiger partial charge < -0.3 is 14.9 Å². The highest BCUT2D eigenvalue weighted by Gasteiger charge is 1.94. The van der Waals surface area contributed by atoms with Crippen LogP contribution in [0.5, 0.6) is 0 Å². The molecule has 42 valence electrons. The van der Waals surface area contributed by atoms with Gasteiger partial charge in [0.05, 0.1) is 0 Å². The highest BCUT2D eigenvalue weighted by molar-refractivity contribution is 6.77. The molecule has 6 heteroatoms. The van der Waals surface area contributed by atoms with Crippen LogP contribution in [0.1, 0.15) is 0 Å². The van der Waals surface area contributed by atoms with Crippen LogP contribution in [0.25, 0.3) is 0 Å². The number of hydrogen-bond acceptors (Lipinski definition) is 3. The Balaban J connectivity index is 3.80. The van der Waals surface area contributed by atoms with E-state index in [2.05, 4.69) is 9.51 Å². The van der Waals surface area contributed by atoms with Crippen molar-refractivity contribution in [2.24, 2.45) is 10.8 Å². The van der Waals surface area contributed by atoms with Gasteiger partial charge in [0, 0.05) is 0 Å². The van der Waals surface area contributed by atoms with Crippen LogP contribution in [-0.2, 0) is 4.79 Å². The van der Waals surface area contributed by atoms with Gasteiger partial charge in [-0.1, -0.05) is 0 Å². The second-order valence-electron chi connectivity index (χ2n) is 1.28. The monoisotopic (exact) mass is 143 g/mol. The van der Waals surface area contributed by atoms with Crippen molar-refractivity contribution in [1.29, 1.82) is 0 Å². The number of hydrogen-bond donors (Lipinski definition) is 2. The number of nitrogens with zero attached hydrogens (tertiary/aromatic N) is 1. The van der Waals surface area contributed by atoms with Gasteiger partial charge in [-0.25, -0.2) is 0 Å². The summed E-state index contributed by atoms with van der Waals surface area (Å²) in [6.07, 6.45) is 0. The lowest BCUT2D eigenvalue weighted by atomic mass is 10.7. The van der Waals surface area contributed by atoms with Gasteiger partial charge in [-0.05, 0) is 0 Å². The highest BCUT2D eigenvalue weighted by atomic mass is 27.1. The van der Waals surface area contributed by atoms with E-state index >= 15 is 0 Å². The number of carbonyl (C=O) groups excluding carboxylic acids is 1. The standard InChI is InChI=1S/C2H3N3O.2Al.4H/c3-2(1-6)5-4;;;;;;/h4H,(H2,3,5);;;;;;/q-1;;+1;;;;. The van der Waals surface area contributed by atoms with Crippen molar-refractivity contribution < 1.29 is 4.79 Å². The quantitative estimate of drug-likeness (QED) is 0.183. The molecule has 0 radical (unpaired) electrons. The lowest BCUT2D eigenvalue weighted by Crippen LogP contribution is -2.26. The largest absolute Gasteiger partial charge is 0.404 e. The molecular weight excluding hydrogens is 136 g/mol. The first-order chi connectivity index (χ1) is 3.68. The molecular formula is C2H7Al2N3O. The third-order valence-electron chi connectivity index (χ3n) is 0.593. The Labute approximate surface area is 63.6 Å². The van der Waals surface area contributed by atoms with E-state index in [0.29, 0.717) is 16.3 Å². The number of carbonyl (C=O) groups is 1. The zero-order valence-electron chi connectivity index (χ0n) is 4.93. The maximum absolute atomic E-state index is 10.3. The van der Waals surface area contributed by atoms with Crippen molar-refractivity contribution in [1.82, 2.24) is 4.41 Å². The molecule has 0 atom stereocenters. The van der Waals surface area contributed by atoms with Crippen LogP contribution in [0, 0.1) is 0 Å². The molecule has 0 saturated carbocycles. The lowest BCUT2D eigenvalue weighted by molar-refractivity contribution is -0.106. The van der Waals surface area contributed by atoms with Crippen LogP contribution >= 0.6 is 0 Å². The molecule has 8 heavy (non-hydrogen) atoms. The van der Waals surface area contributed by atoms with Crippen molar-refractivity contribution in [3.05, 3.63) is 0 Å². The van der Waals surface area contributed by atoms with Crippen LogP contribution in [0.2, 0.25) is 0 Å². The van der Waals surface area contributed by atoms with E-state index in [9.17, 15) is 4.79 Å². The fourth-order valence-electron chi connectivity index (χ4n) is 0.199. The van der Waals surface area contributed by atoms with Gasteiger partial charge in [0.1, 0.15) is 4.65 Å². The first kappa shape index (κ1) is 8.00. The summed E-state index contributed by atoms with van der Waals surface area (Å²) in [5.41, 5.74) is 5.12. The van der Waals surface area contributed by atoms with E-state index in [4.69, 9.17) is 5.73 Å². The number of amidine groups is 1. The van der Waals surface area contributed by atoms with Gasteiger partial charge in [-0.2, -0.15) is 5.10 Å². The number of nitrogens with two attached hydrogens (primary N) is 1. The summed E-state index contributed by atoms with van der Waals surface area (Å²) in [7, 11) is 0. The first-order valence-electron chi connectivity index (χ1n) is 2.19. The SMILES string of the molecule is N/C(=N\[NH][AlH2])[C](=O)[AlH2]. The van der Waals surface area contributed by atoms with Gasteiger partial charge in [0.25, 0.3) is 0 Å². The molecule has 0 saturated heterocycles. The van der Waals surface area contributed by atoms with Crippen molar-refractivity contribution >= 4 is 43.3 Å². The second kappa shape index (κ2) is 3.94. The normalized spacial score (nSPS) is 10.8. The maximum atomic E-state index is 10.3. The number of rotatable bonds is 2. The van der Waals surface area contributed by atoms with E-state index in [1.807, 2.05) is 0 Å². The molecule has 0 bridgehead atoms. The summed E-state index contributed by atoms with van der Waals surface area (Å²) >= 11 is 1.18. The maximum Gasteiger partial charge on any atom is 0.384 e. The molecule has 0 aliphatic heterocycles. The smallest absolute Gasteiger partial charge is 0.384 e. The summed E-state index contributed by atoms with van der Waals surface area (Å²) < 4.78 is 2.49. The third kappa shape index (κ3) is 3.07. The van der Waals surface area contributed by atoms with Crippen molar-refractivity contribution in [3.8, 4) is 0 Å². The Morgan fingerprint density at radius 2 is 2.25 bits per heavy atom. The molecule has 0 heterocycles. The van der Waals surface area contributed by atoms with E-state index in [1.165, 1.54) is 0 Å². The second-order valence-corrected chi connectivity index (χ2v) is 2.63. The highest BCUT2D eigenvalue weighted by Crippen LogP contribution is 1.60. The first-order valence-corrected chi connectivity index (χ1v) is 4.19. The summed E-state index contributed by atoms with van der Waals surface area (Å²) in [5, 5.41) is 3.52. The molecule has 4 nitrogen and oxygen atoms in total. The third-order valence-corrected chi connectivity index (χ3v) is 1.33. The summed E-state index contributed by atoms with van der Waals surface area (Å²) in [6, 6.07) is 0. The van der Waals surface area contributed by atoms with Gasteiger partial charge >= 0.3 is 32.8 Å². The molecule has 0 fully saturated rings. The Kier molecular flexibility index (Phi) is 3.94. The van der Waals surface area contributed by atoms with Crippen LogP contribution in [-0.4, -0.2) is 43.3 Å². The minimum Gasteiger partial charge on any atom is -0.404 e. The molecule has 0 unspecified atom stereocenters. The van der Waals surface area contributed by atoms with Crippen LogP contribution < -0.4 is 10.1 Å². The molecule has 0 aromatic heterocycles. The summed E-state index contributed by atoms with van der Waals surface area (Å²) in [5.74, 6) is 0.103. The molecule has 0 amide bonds. The predicted molar refractivity (Wildman–Crippen MR) is 36.9 cm³/mol. The van der Waals surface area contributed by atoms with Crippen LogP contribution in [0.4, 0.5) is 0 Å². The van der Waals surface area contributed by atoms with E-state index in [0.717, 1.165) is 16.5 Å². The Bertz CT molecular complexity index is 122. The Morgan fingerprint density at radius 1 is 1.75 bits per heavy atom. The van der Waals surface area contributed by atoms with Gasteiger partial charge in [0.15, 0.2) is 5.84 Å². The lowest BCUT2D eigenvalue weighted by Gasteiger charge is -1.91. The molecule has 0 aliphatic carbocycles. The minimum absolute atomic E-state index is 0.0617. The topological polar surface area (TPSA) is 67.5 Å². The zero-order valence-corrected chi connectivity index (χ0v) is 8.93. The van der Waals surface area contributed by atoms with Crippen LogP contribution in [0.15, 0.2) is 5.10 Å².